The highest BCUT2D eigenvalue weighted by molar-refractivity contribution is 7.92. The summed E-state index contributed by atoms with van der Waals surface area (Å²) in [5.74, 6) is -0.389. The molecular weight excluding hydrogens is 467 g/mol. The van der Waals surface area contributed by atoms with Crippen LogP contribution >= 0.6 is 23.2 Å². The number of carbonyl (C=O) groups is 1. The molecule has 0 aliphatic rings. The van der Waals surface area contributed by atoms with Gasteiger partial charge in [-0.1, -0.05) is 59.6 Å². The number of benzene rings is 3. The normalized spacial score (nSPS) is 11.2. The Morgan fingerprint density at radius 2 is 1.59 bits per heavy atom. The van der Waals surface area contributed by atoms with Crippen LogP contribution in [0, 0.1) is 6.92 Å². The number of hydrogen-bond donors (Lipinski definition) is 1. The van der Waals surface area contributed by atoms with Gasteiger partial charge in [-0.2, -0.15) is 0 Å². The van der Waals surface area contributed by atoms with Crippen LogP contribution in [0.5, 0.6) is 0 Å². The number of rotatable bonds is 9. The van der Waals surface area contributed by atoms with Gasteiger partial charge in [0.2, 0.25) is 5.91 Å². The van der Waals surface area contributed by atoms with Crippen molar-refractivity contribution in [3.63, 3.8) is 0 Å². The monoisotopic (exact) mass is 490 g/mol. The van der Waals surface area contributed by atoms with Crippen LogP contribution in [0.2, 0.25) is 10.0 Å². The standard InChI is InChI=1S/C24H24Cl2N2O3S/c1-18-9-12-21(26)16-23(18)28(32(30,31)22-7-3-2-4-8-22)17-24(29)27-15-5-6-19-10-13-20(25)14-11-19/h2-4,7-14,16H,5-6,15,17H2,1H3,(H,27,29). The molecule has 0 unspecified atom stereocenters. The molecule has 3 aromatic rings. The highest BCUT2D eigenvalue weighted by atomic mass is 35.5. The Balaban J connectivity index is 1.73. The zero-order chi connectivity index (χ0) is 23.1. The van der Waals surface area contributed by atoms with E-state index in [0.29, 0.717) is 27.8 Å². The fourth-order valence-electron chi connectivity index (χ4n) is 3.23. The van der Waals surface area contributed by atoms with E-state index < -0.39 is 10.0 Å². The smallest absolute Gasteiger partial charge is 0.264 e. The number of nitrogens with zero attached hydrogens (tertiary/aromatic N) is 1. The highest BCUT2D eigenvalue weighted by Gasteiger charge is 2.28. The van der Waals surface area contributed by atoms with E-state index in [4.69, 9.17) is 23.2 Å². The van der Waals surface area contributed by atoms with Crippen LogP contribution in [0.15, 0.2) is 77.7 Å². The predicted molar refractivity (Wildman–Crippen MR) is 130 cm³/mol. The summed E-state index contributed by atoms with van der Waals surface area (Å²) < 4.78 is 27.8. The van der Waals surface area contributed by atoms with E-state index in [0.717, 1.165) is 22.7 Å². The van der Waals surface area contributed by atoms with Gasteiger partial charge in [0.05, 0.1) is 10.6 Å². The van der Waals surface area contributed by atoms with Crippen LogP contribution in [0.25, 0.3) is 0 Å². The molecule has 0 heterocycles. The van der Waals surface area contributed by atoms with E-state index in [9.17, 15) is 13.2 Å². The van der Waals surface area contributed by atoms with E-state index in [1.165, 1.54) is 12.1 Å². The predicted octanol–water partition coefficient (Wildman–Crippen LogP) is 5.25. The Morgan fingerprint density at radius 1 is 0.938 bits per heavy atom. The molecule has 0 aliphatic heterocycles. The summed E-state index contributed by atoms with van der Waals surface area (Å²) in [7, 11) is -3.96. The van der Waals surface area contributed by atoms with Gasteiger partial charge in [-0.05, 0) is 67.3 Å². The minimum Gasteiger partial charge on any atom is -0.355 e. The highest BCUT2D eigenvalue weighted by Crippen LogP contribution is 2.29. The molecule has 0 spiro atoms. The molecule has 3 rings (SSSR count). The second-order valence-corrected chi connectivity index (χ2v) is 10.1. The van der Waals surface area contributed by atoms with Crippen molar-refractivity contribution in [2.45, 2.75) is 24.7 Å². The Bertz CT molecular complexity index is 1170. The lowest BCUT2D eigenvalue weighted by atomic mass is 10.1. The van der Waals surface area contributed by atoms with E-state index >= 15 is 0 Å². The van der Waals surface area contributed by atoms with Crippen molar-refractivity contribution >= 4 is 44.8 Å². The molecule has 0 radical (unpaired) electrons. The molecule has 0 aliphatic carbocycles. The molecule has 0 fully saturated rings. The summed E-state index contributed by atoms with van der Waals surface area (Å²) >= 11 is 12.0. The lowest BCUT2D eigenvalue weighted by Crippen LogP contribution is -2.41. The van der Waals surface area contributed by atoms with Gasteiger partial charge < -0.3 is 5.32 Å². The molecule has 8 heteroatoms. The molecule has 5 nitrogen and oxygen atoms in total. The van der Waals surface area contributed by atoms with Crippen molar-refractivity contribution < 1.29 is 13.2 Å². The number of sulfonamides is 1. The number of carbonyl (C=O) groups excluding carboxylic acids is 1. The van der Waals surface area contributed by atoms with Crippen LogP contribution in [-0.4, -0.2) is 27.4 Å². The van der Waals surface area contributed by atoms with Gasteiger partial charge in [-0.3, -0.25) is 9.10 Å². The van der Waals surface area contributed by atoms with E-state index in [-0.39, 0.29) is 17.3 Å². The molecule has 1 N–H and O–H groups in total. The van der Waals surface area contributed by atoms with Crippen molar-refractivity contribution in [1.29, 1.82) is 0 Å². The first-order valence-electron chi connectivity index (χ1n) is 10.1. The van der Waals surface area contributed by atoms with Crippen LogP contribution in [0.4, 0.5) is 5.69 Å². The van der Waals surface area contributed by atoms with Gasteiger partial charge in [0.25, 0.3) is 10.0 Å². The third kappa shape index (κ3) is 6.25. The van der Waals surface area contributed by atoms with Crippen LogP contribution in [0.1, 0.15) is 17.5 Å². The van der Waals surface area contributed by atoms with Crippen LogP contribution < -0.4 is 9.62 Å². The number of anilines is 1. The molecule has 0 bridgehead atoms. The van der Waals surface area contributed by atoms with Crippen LogP contribution in [0.3, 0.4) is 0 Å². The SMILES string of the molecule is Cc1ccc(Cl)cc1N(CC(=O)NCCCc1ccc(Cl)cc1)S(=O)(=O)c1ccccc1. The van der Waals surface area contributed by atoms with Gasteiger partial charge in [-0.15, -0.1) is 0 Å². The van der Waals surface area contributed by atoms with Gasteiger partial charge in [0.1, 0.15) is 6.54 Å². The maximum Gasteiger partial charge on any atom is 0.264 e. The van der Waals surface area contributed by atoms with E-state index in [1.807, 2.05) is 24.3 Å². The Morgan fingerprint density at radius 3 is 2.28 bits per heavy atom. The van der Waals surface area contributed by atoms with E-state index in [1.54, 1.807) is 43.3 Å². The first-order valence-corrected chi connectivity index (χ1v) is 12.3. The molecule has 0 saturated carbocycles. The molecule has 168 valence electrons. The van der Waals surface area contributed by atoms with Crippen molar-refractivity contribution in [2.75, 3.05) is 17.4 Å². The summed E-state index contributed by atoms with van der Waals surface area (Å²) in [5, 5.41) is 3.89. The van der Waals surface area contributed by atoms with Crippen molar-refractivity contribution in [1.82, 2.24) is 5.32 Å². The first-order chi connectivity index (χ1) is 15.3. The summed E-state index contributed by atoms with van der Waals surface area (Å²) in [5.41, 5.74) is 2.19. The van der Waals surface area contributed by atoms with Crippen LogP contribution in [-0.2, 0) is 21.2 Å². The minimum absolute atomic E-state index is 0.106. The van der Waals surface area contributed by atoms with Crippen molar-refractivity contribution in [3.05, 3.63) is 94.0 Å². The summed E-state index contributed by atoms with van der Waals surface area (Å²) in [6, 6.07) is 20.6. The average Bonchev–Trinajstić information content (AvgIpc) is 2.78. The third-order valence-corrected chi connectivity index (χ3v) is 7.20. The number of halogens is 2. The largest absolute Gasteiger partial charge is 0.355 e. The second kappa shape index (κ2) is 10.9. The zero-order valence-corrected chi connectivity index (χ0v) is 19.9. The zero-order valence-electron chi connectivity index (χ0n) is 17.6. The maximum absolute atomic E-state index is 13.4. The lowest BCUT2D eigenvalue weighted by Gasteiger charge is -2.26. The fourth-order valence-corrected chi connectivity index (χ4v) is 5.02. The number of amides is 1. The molecule has 1 amide bonds. The molecular formula is C24H24Cl2N2O3S. The number of hydrogen-bond acceptors (Lipinski definition) is 3. The topological polar surface area (TPSA) is 66.5 Å². The van der Waals surface area contributed by atoms with Crippen molar-refractivity contribution in [2.24, 2.45) is 0 Å². The molecule has 0 saturated heterocycles. The average molecular weight is 491 g/mol. The van der Waals surface area contributed by atoms with Gasteiger partial charge in [0.15, 0.2) is 0 Å². The Kier molecular flexibility index (Phi) is 8.18. The summed E-state index contributed by atoms with van der Waals surface area (Å²) in [6.45, 7) is 1.86. The first kappa shape index (κ1) is 24.1. The van der Waals surface area contributed by atoms with Crippen molar-refractivity contribution in [3.8, 4) is 0 Å². The number of aryl methyl sites for hydroxylation is 2. The Hall–Kier alpha value is -2.54. The molecule has 0 atom stereocenters. The second-order valence-electron chi connectivity index (χ2n) is 7.34. The molecule has 3 aromatic carbocycles. The number of nitrogens with one attached hydrogen (secondary N) is 1. The minimum atomic E-state index is -3.96. The molecule has 0 aromatic heterocycles. The lowest BCUT2D eigenvalue weighted by molar-refractivity contribution is -0.119. The van der Waals surface area contributed by atoms with E-state index in [2.05, 4.69) is 5.32 Å². The summed E-state index contributed by atoms with van der Waals surface area (Å²) in [4.78, 5) is 12.8. The quantitative estimate of drug-likeness (QED) is 0.416. The Labute approximate surface area is 199 Å². The summed E-state index contributed by atoms with van der Waals surface area (Å²) in [6.07, 6.45) is 1.49. The van der Waals surface area contributed by atoms with Gasteiger partial charge in [0, 0.05) is 16.6 Å². The van der Waals surface area contributed by atoms with Gasteiger partial charge >= 0.3 is 0 Å². The third-order valence-electron chi connectivity index (χ3n) is 4.94. The molecule has 32 heavy (non-hydrogen) atoms. The fraction of sp³-hybridized carbons (Fsp3) is 0.208. The van der Waals surface area contributed by atoms with Gasteiger partial charge in [-0.25, -0.2) is 8.42 Å². The maximum atomic E-state index is 13.4.